The number of hydrogen-bond donors (Lipinski definition) is 2. The molecule has 1 saturated heterocycles. The van der Waals surface area contributed by atoms with Gasteiger partial charge < -0.3 is 10.6 Å². The summed E-state index contributed by atoms with van der Waals surface area (Å²) in [5, 5.41) is 8.93. The molecule has 2 unspecified atom stereocenters. The van der Waals surface area contributed by atoms with E-state index in [1.165, 1.54) is 11.3 Å². The van der Waals surface area contributed by atoms with Crippen molar-refractivity contribution in [1.29, 1.82) is 0 Å². The molecule has 102 valence electrons. The van der Waals surface area contributed by atoms with E-state index >= 15 is 0 Å². The zero-order valence-corrected chi connectivity index (χ0v) is 12.8. The van der Waals surface area contributed by atoms with Gasteiger partial charge in [0.05, 0.1) is 5.02 Å². The van der Waals surface area contributed by atoms with Gasteiger partial charge in [-0.25, -0.2) is 0 Å². The average molecular weight is 309 g/mol. The van der Waals surface area contributed by atoms with E-state index in [-0.39, 0.29) is 24.4 Å². The Morgan fingerprint density at radius 3 is 2.89 bits per heavy atom. The topological polar surface area (TPSA) is 41.1 Å². The molecule has 1 aromatic heterocycles. The van der Waals surface area contributed by atoms with Gasteiger partial charge in [-0.3, -0.25) is 4.79 Å². The van der Waals surface area contributed by atoms with Gasteiger partial charge in [-0.15, -0.1) is 23.7 Å². The summed E-state index contributed by atoms with van der Waals surface area (Å²) in [6, 6.07) is 0.530. The van der Waals surface area contributed by atoms with Crippen molar-refractivity contribution in [1.82, 2.24) is 10.6 Å². The van der Waals surface area contributed by atoms with Gasteiger partial charge >= 0.3 is 0 Å². The number of nitrogens with one attached hydrogen (secondary N) is 2. The fraction of sp³-hybridized carbons (Fsp3) is 0.583. The molecule has 18 heavy (non-hydrogen) atoms. The van der Waals surface area contributed by atoms with Gasteiger partial charge in [-0.05, 0) is 44.2 Å². The Balaban J connectivity index is 0.00000162. The third-order valence-electron chi connectivity index (χ3n) is 3.18. The number of halogens is 2. The van der Waals surface area contributed by atoms with Gasteiger partial charge in [0.25, 0.3) is 5.91 Å². The summed E-state index contributed by atoms with van der Waals surface area (Å²) in [7, 11) is 0. The number of carbonyl (C=O) groups excluding carboxylic acids is 1. The van der Waals surface area contributed by atoms with Crippen molar-refractivity contribution in [2.24, 2.45) is 0 Å². The molecule has 0 aliphatic carbocycles. The van der Waals surface area contributed by atoms with Crippen LogP contribution < -0.4 is 10.6 Å². The van der Waals surface area contributed by atoms with E-state index in [1.54, 1.807) is 0 Å². The Bertz CT molecular complexity index is 422. The zero-order chi connectivity index (χ0) is 12.4. The molecule has 0 radical (unpaired) electrons. The number of hydrogen-bond acceptors (Lipinski definition) is 3. The minimum Gasteiger partial charge on any atom is -0.347 e. The summed E-state index contributed by atoms with van der Waals surface area (Å²) in [5.41, 5.74) is 0.969. The fourth-order valence-corrected chi connectivity index (χ4v) is 3.24. The van der Waals surface area contributed by atoms with Crippen LogP contribution in [0.25, 0.3) is 0 Å². The Morgan fingerprint density at radius 1 is 1.61 bits per heavy atom. The largest absolute Gasteiger partial charge is 0.347 e. The van der Waals surface area contributed by atoms with Gasteiger partial charge in [0, 0.05) is 12.1 Å². The maximum absolute atomic E-state index is 12.1. The molecule has 1 aliphatic heterocycles. The smallest absolute Gasteiger partial charge is 0.263 e. The van der Waals surface area contributed by atoms with E-state index in [9.17, 15) is 4.79 Å². The summed E-state index contributed by atoms with van der Waals surface area (Å²) in [6.45, 7) is 5.05. The fourth-order valence-electron chi connectivity index (χ4n) is 2.06. The van der Waals surface area contributed by atoms with Crippen LogP contribution in [0.3, 0.4) is 0 Å². The van der Waals surface area contributed by atoms with E-state index in [1.807, 2.05) is 12.3 Å². The Labute approximate surface area is 123 Å². The first kappa shape index (κ1) is 15.8. The first-order chi connectivity index (χ1) is 8.09. The summed E-state index contributed by atoms with van der Waals surface area (Å²) >= 11 is 7.50. The molecular formula is C12H18Cl2N2OS. The SMILES string of the molecule is Cc1csc(C(=O)NC2CCCNC2C)c1Cl.Cl. The van der Waals surface area contributed by atoms with Gasteiger partial charge in [0.15, 0.2) is 0 Å². The standard InChI is InChI=1S/C12H17ClN2OS.ClH/c1-7-6-17-11(10(7)13)12(16)15-9-4-3-5-14-8(9)2;/h6,8-9,14H,3-5H2,1-2H3,(H,15,16);1H. The number of rotatable bonds is 2. The van der Waals surface area contributed by atoms with Gasteiger partial charge in [-0.2, -0.15) is 0 Å². The summed E-state index contributed by atoms with van der Waals surface area (Å²) in [4.78, 5) is 12.7. The maximum atomic E-state index is 12.1. The Hall–Kier alpha value is -0.290. The van der Waals surface area contributed by atoms with E-state index in [4.69, 9.17) is 11.6 Å². The van der Waals surface area contributed by atoms with Gasteiger partial charge in [0.2, 0.25) is 0 Å². The van der Waals surface area contributed by atoms with Crippen LogP contribution in [0, 0.1) is 6.92 Å². The molecule has 2 rings (SSSR count). The van der Waals surface area contributed by atoms with Crippen molar-refractivity contribution in [3.63, 3.8) is 0 Å². The molecule has 1 aliphatic rings. The second-order valence-corrected chi connectivity index (χ2v) is 5.78. The Morgan fingerprint density at radius 2 is 2.33 bits per heavy atom. The van der Waals surface area contributed by atoms with Crippen LogP contribution >= 0.6 is 35.3 Å². The monoisotopic (exact) mass is 308 g/mol. The lowest BCUT2D eigenvalue weighted by atomic mass is 10.00. The molecule has 1 amide bonds. The van der Waals surface area contributed by atoms with Crippen molar-refractivity contribution in [2.75, 3.05) is 6.54 Å². The summed E-state index contributed by atoms with van der Waals surface area (Å²) < 4.78 is 0. The van der Waals surface area contributed by atoms with Gasteiger partial charge in [-0.1, -0.05) is 11.6 Å². The zero-order valence-electron chi connectivity index (χ0n) is 10.5. The highest BCUT2D eigenvalue weighted by Crippen LogP contribution is 2.27. The minimum absolute atomic E-state index is 0. The molecule has 0 saturated carbocycles. The molecule has 6 heteroatoms. The highest BCUT2D eigenvalue weighted by atomic mass is 35.5. The molecule has 0 spiro atoms. The summed E-state index contributed by atoms with van der Waals surface area (Å²) in [6.07, 6.45) is 2.13. The number of carbonyl (C=O) groups is 1. The van der Waals surface area contributed by atoms with Crippen LogP contribution in [0.15, 0.2) is 5.38 Å². The lowest BCUT2D eigenvalue weighted by Crippen LogP contribution is -2.51. The van der Waals surface area contributed by atoms with Crippen LogP contribution in [0.4, 0.5) is 0 Å². The molecule has 1 aromatic rings. The van der Waals surface area contributed by atoms with Crippen molar-refractivity contribution in [3.05, 3.63) is 20.8 Å². The third-order valence-corrected chi connectivity index (χ3v) is 4.88. The number of thiophene rings is 1. The highest BCUT2D eigenvalue weighted by molar-refractivity contribution is 7.13. The first-order valence-corrected chi connectivity index (χ1v) is 7.13. The van der Waals surface area contributed by atoms with Crippen molar-refractivity contribution >= 4 is 41.3 Å². The van der Waals surface area contributed by atoms with Crippen LogP contribution in [-0.4, -0.2) is 24.5 Å². The molecule has 1 fully saturated rings. The minimum atomic E-state index is -0.0475. The second-order valence-electron chi connectivity index (χ2n) is 4.53. The van der Waals surface area contributed by atoms with Crippen LogP contribution in [-0.2, 0) is 0 Å². The highest BCUT2D eigenvalue weighted by Gasteiger charge is 2.24. The number of aryl methyl sites for hydroxylation is 1. The van der Waals surface area contributed by atoms with E-state index in [0.29, 0.717) is 15.9 Å². The van der Waals surface area contributed by atoms with Crippen LogP contribution in [0.5, 0.6) is 0 Å². The van der Waals surface area contributed by atoms with Crippen LogP contribution in [0.1, 0.15) is 35.0 Å². The van der Waals surface area contributed by atoms with E-state index in [2.05, 4.69) is 17.6 Å². The summed E-state index contributed by atoms with van der Waals surface area (Å²) in [5.74, 6) is -0.0475. The third kappa shape index (κ3) is 3.38. The first-order valence-electron chi connectivity index (χ1n) is 5.87. The average Bonchev–Trinajstić information content (AvgIpc) is 2.63. The molecule has 2 heterocycles. The molecule has 0 aromatic carbocycles. The molecule has 0 bridgehead atoms. The quantitative estimate of drug-likeness (QED) is 0.882. The van der Waals surface area contributed by atoms with E-state index in [0.717, 1.165) is 24.9 Å². The molecule has 2 N–H and O–H groups in total. The normalized spacial score (nSPS) is 23.3. The van der Waals surface area contributed by atoms with Crippen LogP contribution in [0.2, 0.25) is 5.02 Å². The number of amides is 1. The lowest BCUT2D eigenvalue weighted by molar-refractivity contribution is 0.0924. The van der Waals surface area contributed by atoms with Crippen molar-refractivity contribution in [3.8, 4) is 0 Å². The predicted molar refractivity (Wildman–Crippen MR) is 79.3 cm³/mol. The van der Waals surface area contributed by atoms with Crippen molar-refractivity contribution in [2.45, 2.75) is 38.8 Å². The molecule has 3 nitrogen and oxygen atoms in total. The van der Waals surface area contributed by atoms with Gasteiger partial charge in [0.1, 0.15) is 4.88 Å². The van der Waals surface area contributed by atoms with E-state index < -0.39 is 0 Å². The Kier molecular flexibility index (Phi) is 5.92. The predicted octanol–water partition coefficient (Wildman–Crippen LogP) is 3.00. The molecular weight excluding hydrogens is 291 g/mol. The maximum Gasteiger partial charge on any atom is 0.263 e. The second kappa shape index (κ2) is 6.75. The number of piperidine rings is 1. The lowest BCUT2D eigenvalue weighted by Gasteiger charge is -2.30. The van der Waals surface area contributed by atoms with Crippen molar-refractivity contribution < 1.29 is 4.79 Å². The molecule has 2 atom stereocenters.